The highest BCUT2D eigenvalue weighted by molar-refractivity contribution is 9.10. The first-order valence-electron chi connectivity index (χ1n) is 6.31. The molecule has 3 nitrogen and oxygen atoms in total. The Morgan fingerprint density at radius 2 is 2.28 bits per heavy atom. The van der Waals surface area contributed by atoms with E-state index in [4.69, 9.17) is 10.00 Å². The van der Waals surface area contributed by atoms with Gasteiger partial charge in [-0.25, -0.2) is 0 Å². The van der Waals surface area contributed by atoms with Gasteiger partial charge in [0.1, 0.15) is 6.07 Å². The summed E-state index contributed by atoms with van der Waals surface area (Å²) in [5.74, 6) is 0.840. The van der Waals surface area contributed by atoms with Gasteiger partial charge < -0.3 is 10.1 Å². The molecule has 4 heteroatoms. The van der Waals surface area contributed by atoms with Gasteiger partial charge in [0.05, 0.1) is 5.56 Å². The van der Waals surface area contributed by atoms with Crippen LogP contribution in [-0.2, 0) is 4.74 Å². The Bertz CT molecular complexity index is 438. The highest BCUT2D eigenvalue weighted by Gasteiger charge is 2.20. The summed E-state index contributed by atoms with van der Waals surface area (Å²) in [4.78, 5) is 0. The van der Waals surface area contributed by atoms with Crippen LogP contribution < -0.4 is 5.32 Å². The van der Waals surface area contributed by atoms with Crippen LogP contribution in [0.15, 0.2) is 22.7 Å². The Labute approximate surface area is 116 Å². The number of benzene rings is 1. The quantitative estimate of drug-likeness (QED) is 0.783. The molecule has 0 saturated heterocycles. The van der Waals surface area contributed by atoms with Gasteiger partial charge >= 0.3 is 0 Å². The number of nitrogens with one attached hydrogen (secondary N) is 1. The van der Waals surface area contributed by atoms with Crippen LogP contribution in [0.1, 0.15) is 24.8 Å². The Hall–Kier alpha value is -1.05. The van der Waals surface area contributed by atoms with E-state index >= 15 is 0 Å². The molecule has 1 fully saturated rings. The van der Waals surface area contributed by atoms with Gasteiger partial charge in [0.25, 0.3) is 0 Å². The second kappa shape index (κ2) is 6.77. The summed E-state index contributed by atoms with van der Waals surface area (Å²) >= 11 is 3.38. The number of nitrogens with zero attached hydrogens (tertiary/aromatic N) is 1. The summed E-state index contributed by atoms with van der Waals surface area (Å²) in [6.07, 6.45) is 3.69. The molecule has 1 aromatic rings. The summed E-state index contributed by atoms with van der Waals surface area (Å²) in [5, 5.41) is 12.1. The van der Waals surface area contributed by atoms with E-state index in [2.05, 4.69) is 27.3 Å². The second-order valence-corrected chi connectivity index (χ2v) is 5.46. The molecule has 1 aliphatic carbocycles. The zero-order valence-electron chi connectivity index (χ0n) is 10.3. The highest BCUT2D eigenvalue weighted by atomic mass is 79.9. The van der Waals surface area contributed by atoms with Gasteiger partial charge in [-0.1, -0.05) is 0 Å². The van der Waals surface area contributed by atoms with Gasteiger partial charge in [-0.3, -0.25) is 0 Å². The first kappa shape index (κ1) is 13.4. The van der Waals surface area contributed by atoms with Gasteiger partial charge in [0, 0.05) is 29.9 Å². The SMILES string of the molecule is N#Cc1ccc(NCCCOCC2CC2)cc1Br. The Balaban J connectivity index is 1.63. The molecule has 1 aromatic carbocycles. The lowest BCUT2D eigenvalue weighted by molar-refractivity contribution is 0.124. The summed E-state index contributed by atoms with van der Waals surface area (Å²) < 4.78 is 6.40. The maximum Gasteiger partial charge on any atom is 0.100 e. The molecule has 0 heterocycles. The van der Waals surface area contributed by atoms with Crippen molar-refractivity contribution in [3.63, 3.8) is 0 Å². The van der Waals surface area contributed by atoms with Crippen molar-refractivity contribution in [3.05, 3.63) is 28.2 Å². The molecule has 0 unspecified atom stereocenters. The normalized spacial score (nSPS) is 14.2. The van der Waals surface area contributed by atoms with Crippen LogP contribution in [0, 0.1) is 17.2 Å². The van der Waals surface area contributed by atoms with Crippen molar-refractivity contribution in [1.82, 2.24) is 0 Å². The van der Waals surface area contributed by atoms with Crippen molar-refractivity contribution in [1.29, 1.82) is 5.26 Å². The summed E-state index contributed by atoms with van der Waals surface area (Å²) in [6, 6.07) is 7.80. The third-order valence-corrected chi connectivity index (χ3v) is 3.59. The zero-order valence-corrected chi connectivity index (χ0v) is 11.9. The number of hydrogen-bond acceptors (Lipinski definition) is 3. The number of halogens is 1. The third kappa shape index (κ3) is 4.32. The summed E-state index contributed by atoms with van der Waals surface area (Å²) in [6.45, 7) is 2.65. The topological polar surface area (TPSA) is 45.0 Å². The monoisotopic (exact) mass is 308 g/mol. The molecule has 2 rings (SSSR count). The van der Waals surface area contributed by atoms with Crippen molar-refractivity contribution >= 4 is 21.6 Å². The number of hydrogen-bond donors (Lipinski definition) is 1. The number of ether oxygens (including phenoxy) is 1. The largest absolute Gasteiger partial charge is 0.385 e. The molecule has 0 bridgehead atoms. The van der Waals surface area contributed by atoms with Crippen molar-refractivity contribution in [3.8, 4) is 6.07 Å². The van der Waals surface area contributed by atoms with E-state index < -0.39 is 0 Å². The molecule has 0 spiro atoms. The van der Waals surface area contributed by atoms with Gasteiger partial charge in [0.15, 0.2) is 0 Å². The average molecular weight is 309 g/mol. The third-order valence-electron chi connectivity index (χ3n) is 2.93. The smallest absolute Gasteiger partial charge is 0.100 e. The summed E-state index contributed by atoms with van der Waals surface area (Å²) in [5.41, 5.74) is 1.69. The van der Waals surface area contributed by atoms with E-state index in [1.54, 1.807) is 0 Å². The van der Waals surface area contributed by atoms with Crippen LogP contribution in [-0.4, -0.2) is 19.8 Å². The van der Waals surface area contributed by atoms with E-state index in [-0.39, 0.29) is 0 Å². The first-order valence-corrected chi connectivity index (χ1v) is 7.10. The molecule has 96 valence electrons. The molecule has 1 aliphatic rings. The van der Waals surface area contributed by atoms with Gasteiger partial charge in [-0.15, -0.1) is 0 Å². The van der Waals surface area contributed by atoms with E-state index in [0.717, 1.165) is 42.3 Å². The van der Waals surface area contributed by atoms with Gasteiger partial charge in [-0.05, 0) is 59.3 Å². The summed E-state index contributed by atoms with van der Waals surface area (Å²) in [7, 11) is 0. The standard InChI is InChI=1S/C14H17BrN2O/c15-14-8-13(5-4-12(14)9-16)17-6-1-7-18-10-11-2-3-11/h4-5,8,11,17H,1-3,6-7,10H2. The van der Waals surface area contributed by atoms with Crippen LogP contribution in [0.3, 0.4) is 0 Å². The molecule has 18 heavy (non-hydrogen) atoms. The van der Waals surface area contributed by atoms with E-state index in [9.17, 15) is 0 Å². The molecule has 1 N–H and O–H groups in total. The molecule has 0 amide bonds. The molecule has 1 saturated carbocycles. The van der Waals surface area contributed by atoms with Crippen LogP contribution in [0.25, 0.3) is 0 Å². The lowest BCUT2D eigenvalue weighted by atomic mass is 10.2. The highest BCUT2D eigenvalue weighted by Crippen LogP contribution is 2.28. The van der Waals surface area contributed by atoms with E-state index in [1.807, 2.05) is 18.2 Å². The maximum absolute atomic E-state index is 8.82. The fraction of sp³-hybridized carbons (Fsp3) is 0.500. The second-order valence-electron chi connectivity index (χ2n) is 4.61. The Morgan fingerprint density at radius 3 is 2.94 bits per heavy atom. The Kier molecular flexibility index (Phi) is 5.03. The number of nitriles is 1. The van der Waals surface area contributed by atoms with Crippen molar-refractivity contribution in [2.75, 3.05) is 25.1 Å². The van der Waals surface area contributed by atoms with E-state index in [1.165, 1.54) is 12.8 Å². The number of rotatable bonds is 7. The lowest BCUT2D eigenvalue weighted by Gasteiger charge is -2.07. The zero-order chi connectivity index (χ0) is 12.8. The predicted octanol–water partition coefficient (Wildman–Crippen LogP) is 3.55. The molecule has 0 radical (unpaired) electrons. The van der Waals surface area contributed by atoms with Gasteiger partial charge in [0.2, 0.25) is 0 Å². The van der Waals surface area contributed by atoms with Crippen molar-refractivity contribution in [2.24, 2.45) is 5.92 Å². The number of anilines is 1. The lowest BCUT2D eigenvalue weighted by Crippen LogP contribution is -2.07. The minimum absolute atomic E-state index is 0.660. The first-order chi connectivity index (χ1) is 8.79. The fourth-order valence-electron chi connectivity index (χ4n) is 1.66. The minimum atomic E-state index is 0.660. The van der Waals surface area contributed by atoms with E-state index in [0.29, 0.717) is 5.56 Å². The Morgan fingerprint density at radius 1 is 1.44 bits per heavy atom. The molecule has 0 aromatic heterocycles. The van der Waals surface area contributed by atoms with Crippen LogP contribution in [0.5, 0.6) is 0 Å². The molecule has 0 aliphatic heterocycles. The van der Waals surface area contributed by atoms with Crippen LogP contribution in [0.4, 0.5) is 5.69 Å². The predicted molar refractivity (Wildman–Crippen MR) is 75.5 cm³/mol. The molecular weight excluding hydrogens is 292 g/mol. The maximum atomic E-state index is 8.82. The van der Waals surface area contributed by atoms with Crippen molar-refractivity contribution in [2.45, 2.75) is 19.3 Å². The molecular formula is C14H17BrN2O. The van der Waals surface area contributed by atoms with Crippen LogP contribution >= 0.6 is 15.9 Å². The van der Waals surface area contributed by atoms with Crippen molar-refractivity contribution < 1.29 is 4.74 Å². The fourth-order valence-corrected chi connectivity index (χ4v) is 2.12. The average Bonchev–Trinajstić information content (AvgIpc) is 3.18. The molecule has 0 atom stereocenters. The van der Waals surface area contributed by atoms with Gasteiger partial charge in [-0.2, -0.15) is 5.26 Å². The minimum Gasteiger partial charge on any atom is -0.385 e. The van der Waals surface area contributed by atoms with Crippen LogP contribution in [0.2, 0.25) is 0 Å².